The predicted molar refractivity (Wildman–Crippen MR) is 65.9 cm³/mol. The van der Waals surface area contributed by atoms with Gasteiger partial charge in [-0.15, -0.1) is 0 Å². The molecule has 1 aliphatic rings. The second-order valence-corrected chi connectivity index (χ2v) is 10.4. The average molecular weight is 381 g/mol. The molecule has 0 unspecified atom stereocenters. The second-order valence-electron chi connectivity index (χ2n) is 4.44. The van der Waals surface area contributed by atoms with E-state index in [4.69, 9.17) is 5.11 Å². The molecule has 5 atom stereocenters. The van der Waals surface area contributed by atoms with E-state index < -0.39 is 60.1 Å². The van der Waals surface area contributed by atoms with Crippen LogP contribution in [-0.2, 0) is 14.6 Å². The molecular formula is C9H18O9SSe-. The average Bonchev–Trinajstić information content (AvgIpc) is 2.60. The van der Waals surface area contributed by atoms with Gasteiger partial charge in [-0.25, -0.2) is 0 Å². The summed E-state index contributed by atoms with van der Waals surface area (Å²) in [5, 5.41) is 47.3. The molecule has 0 aliphatic carbocycles. The monoisotopic (exact) mass is 382 g/mol. The maximum absolute atomic E-state index is 10.5. The van der Waals surface area contributed by atoms with E-state index in [1.54, 1.807) is 0 Å². The quantitative estimate of drug-likeness (QED) is 0.173. The van der Waals surface area contributed by atoms with Crippen LogP contribution in [0.2, 0.25) is 15.5 Å². The van der Waals surface area contributed by atoms with E-state index >= 15 is 0 Å². The Balaban J connectivity index is 2.66. The Morgan fingerprint density at radius 3 is 2.40 bits per heavy atom. The van der Waals surface area contributed by atoms with Gasteiger partial charge in [0.2, 0.25) is 0 Å². The third-order valence-corrected chi connectivity index (χ3v) is 9.41. The molecule has 0 aromatic rings. The van der Waals surface area contributed by atoms with Crippen LogP contribution in [0.4, 0.5) is 0 Å². The van der Waals surface area contributed by atoms with Gasteiger partial charge in [0.05, 0.1) is 0 Å². The van der Waals surface area contributed by atoms with E-state index in [0.717, 1.165) is 0 Å². The van der Waals surface area contributed by atoms with Gasteiger partial charge in [-0.2, -0.15) is 0 Å². The van der Waals surface area contributed by atoms with Gasteiger partial charge < -0.3 is 0 Å². The summed E-state index contributed by atoms with van der Waals surface area (Å²) >= 11 is -1.85. The minimum absolute atomic E-state index is 0.0138. The fourth-order valence-electron chi connectivity index (χ4n) is 1.99. The molecular weight excluding hydrogens is 363 g/mol. The molecule has 0 aromatic carbocycles. The predicted octanol–water partition coefficient (Wildman–Crippen LogP) is -3.22. The molecule has 1 aliphatic heterocycles. The molecule has 0 bridgehead atoms. The van der Waals surface area contributed by atoms with Crippen LogP contribution in [0.15, 0.2) is 0 Å². The standard InChI is InChI=1S/C9H19O9SSe/c10-1-7(18-19(15,16)17)5(12)3-20-4-6(13)9(14)8(20)2-11/h5-14H,1-4H2,(H,15,16,17)/p-1/t5-,6+,7+,8+,9-/m0/s1. The molecule has 20 heavy (non-hydrogen) atoms. The van der Waals surface area contributed by atoms with Crippen molar-refractivity contribution >= 4 is 24.3 Å². The van der Waals surface area contributed by atoms with E-state index in [9.17, 15) is 33.4 Å². The summed E-state index contributed by atoms with van der Waals surface area (Å²) in [6, 6.07) is 0. The Kier molecular flexibility index (Phi) is 6.80. The van der Waals surface area contributed by atoms with Crippen molar-refractivity contribution in [1.82, 2.24) is 0 Å². The molecule has 1 saturated heterocycles. The zero-order valence-corrected chi connectivity index (χ0v) is 12.9. The van der Waals surface area contributed by atoms with Gasteiger partial charge >= 0.3 is 120 Å². The van der Waals surface area contributed by atoms with Crippen molar-refractivity contribution in [3.05, 3.63) is 0 Å². The van der Waals surface area contributed by atoms with Crippen molar-refractivity contribution in [3.8, 4) is 0 Å². The Hall–Kier alpha value is 0.189. The first kappa shape index (κ1) is 18.2. The third-order valence-electron chi connectivity index (χ3n) is 3.00. The van der Waals surface area contributed by atoms with Gasteiger partial charge in [-0.05, 0) is 0 Å². The van der Waals surface area contributed by atoms with E-state index in [0.29, 0.717) is 0 Å². The van der Waals surface area contributed by atoms with Crippen LogP contribution < -0.4 is 0 Å². The first-order chi connectivity index (χ1) is 9.19. The number of rotatable bonds is 7. The summed E-state index contributed by atoms with van der Waals surface area (Å²) in [6.45, 7) is -1.23. The zero-order valence-electron chi connectivity index (χ0n) is 10.4. The van der Waals surface area contributed by atoms with Crippen molar-refractivity contribution < 1.29 is 42.7 Å². The van der Waals surface area contributed by atoms with E-state index in [1.165, 1.54) is 0 Å². The maximum atomic E-state index is 10.5. The molecule has 5 N–H and O–H groups in total. The van der Waals surface area contributed by atoms with Crippen LogP contribution in [0.5, 0.6) is 0 Å². The van der Waals surface area contributed by atoms with Gasteiger partial charge in [0.1, 0.15) is 0 Å². The molecule has 1 rings (SSSR count). The van der Waals surface area contributed by atoms with Crippen LogP contribution >= 0.6 is 0 Å². The van der Waals surface area contributed by atoms with Gasteiger partial charge in [0, 0.05) is 0 Å². The van der Waals surface area contributed by atoms with Gasteiger partial charge in [0.15, 0.2) is 0 Å². The molecule has 0 saturated carbocycles. The summed E-state index contributed by atoms with van der Waals surface area (Å²) in [7, 11) is -5.06. The van der Waals surface area contributed by atoms with Crippen LogP contribution in [0.1, 0.15) is 0 Å². The normalized spacial score (nSPS) is 31.4. The van der Waals surface area contributed by atoms with Crippen molar-refractivity contribution in [1.29, 1.82) is 0 Å². The molecule has 0 amide bonds. The zero-order chi connectivity index (χ0) is 15.5. The molecule has 9 nitrogen and oxygen atoms in total. The molecule has 1 fully saturated rings. The molecule has 11 heteroatoms. The topological polar surface area (TPSA) is 168 Å². The summed E-state index contributed by atoms with van der Waals surface area (Å²) in [5.41, 5.74) is 0. The Labute approximate surface area is 120 Å². The van der Waals surface area contributed by atoms with E-state index in [-0.39, 0.29) is 17.2 Å². The van der Waals surface area contributed by atoms with Crippen LogP contribution in [0.25, 0.3) is 0 Å². The summed E-state index contributed by atoms with van der Waals surface area (Å²) in [6.07, 6.45) is -5.11. The molecule has 1 radical (unpaired) electrons. The second kappa shape index (κ2) is 7.45. The Morgan fingerprint density at radius 1 is 1.35 bits per heavy atom. The molecule has 121 valence electrons. The minimum atomic E-state index is -5.06. The molecule has 1 heterocycles. The first-order valence-corrected chi connectivity index (χ1v) is 10.5. The number of aliphatic hydroxyl groups is 5. The van der Waals surface area contributed by atoms with Crippen molar-refractivity contribution in [3.63, 3.8) is 0 Å². The van der Waals surface area contributed by atoms with Gasteiger partial charge in [-0.3, -0.25) is 0 Å². The fourth-order valence-corrected chi connectivity index (χ4v) is 8.16. The SMILES string of the molecule is O=S(=O)([O-])O[C@H](CO)[C@@H](O)C[Se]1C[C@@H](O)[C@H](O)[C@H]1CO. The van der Waals surface area contributed by atoms with Crippen molar-refractivity contribution in [2.24, 2.45) is 0 Å². The third kappa shape index (κ3) is 4.88. The fraction of sp³-hybridized carbons (Fsp3) is 1.00. The van der Waals surface area contributed by atoms with Gasteiger partial charge in [-0.1, -0.05) is 0 Å². The van der Waals surface area contributed by atoms with Crippen molar-refractivity contribution in [2.45, 2.75) is 39.9 Å². The van der Waals surface area contributed by atoms with Crippen LogP contribution in [0.3, 0.4) is 0 Å². The molecule has 0 aromatic heterocycles. The summed E-state index contributed by atoms with van der Waals surface area (Å²) in [5.74, 6) is 0. The van der Waals surface area contributed by atoms with Gasteiger partial charge in [0.25, 0.3) is 0 Å². The first-order valence-electron chi connectivity index (χ1n) is 5.76. The summed E-state index contributed by atoms with van der Waals surface area (Å²) in [4.78, 5) is -0.553. The number of aliphatic hydroxyl groups excluding tert-OH is 5. The van der Waals surface area contributed by atoms with E-state index in [1.807, 2.05) is 0 Å². The number of hydrogen-bond donors (Lipinski definition) is 5. The van der Waals surface area contributed by atoms with Crippen LogP contribution in [-0.4, -0.2) is 90.0 Å². The molecule has 0 spiro atoms. The Bertz CT molecular complexity index is 402. The van der Waals surface area contributed by atoms with Crippen molar-refractivity contribution in [2.75, 3.05) is 13.2 Å². The Morgan fingerprint density at radius 2 is 1.95 bits per heavy atom. The number of hydrogen-bond acceptors (Lipinski definition) is 9. The van der Waals surface area contributed by atoms with Crippen LogP contribution in [0, 0.1) is 0 Å². The summed E-state index contributed by atoms with van der Waals surface area (Å²) < 4.78 is 35.4. The van der Waals surface area contributed by atoms with E-state index in [2.05, 4.69) is 4.18 Å².